The van der Waals surface area contributed by atoms with Crippen molar-refractivity contribution in [3.8, 4) is 0 Å². The summed E-state index contributed by atoms with van der Waals surface area (Å²) >= 11 is 0. The van der Waals surface area contributed by atoms with E-state index in [1.807, 2.05) is 0 Å². The monoisotopic (exact) mass is 260 g/mol. The fraction of sp³-hybridized carbons (Fsp3) is 0.647. The second-order valence-electron chi connectivity index (χ2n) is 6.28. The van der Waals surface area contributed by atoms with E-state index in [-0.39, 0.29) is 0 Å². The Morgan fingerprint density at radius 2 is 2.00 bits per heavy atom. The molecule has 1 aromatic rings. The number of rotatable bonds is 5. The largest absolute Gasteiger partial charge is 0.319 e. The molecule has 1 aliphatic rings. The summed E-state index contributed by atoms with van der Waals surface area (Å²) in [5.41, 5.74) is 3.47. The van der Waals surface area contributed by atoms with E-state index in [1.54, 1.807) is 5.56 Å². The summed E-state index contributed by atoms with van der Waals surface area (Å²) in [4.78, 5) is 2.65. The molecule has 0 amide bonds. The van der Waals surface area contributed by atoms with Crippen molar-refractivity contribution in [2.24, 2.45) is 5.41 Å². The van der Waals surface area contributed by atoms with E-state index < -0.39 is 0 Å². The van der Waals surface area contributed by atoms with Gasteiger partial charge in [-0.2, -0.15) is 0 Å². The molecular formula is C17H28N2. The van der Waals surface area contributed by atoms with Crippen molar-refractivity contribution in [3.63, 3.8) is 0 Å². The lowest BCUT2D eigenvalue weighted by molar-refractivity contribution is 0.152. The molecule has 1 aromatic carbocycles. The van der Waals surface area contributed by atoms with Crippen LogP contribution in [0, 0.1) is 5.41 Å². The first-order chi connectivity index (χ1) is 9.17. The zero-order valence-electron chi connectivity index (χ0n) is 12.7. The van der Waals surface area contributed by atoms with Gasteiger partial charge >= 0.3 is 0 Å². The number of benzene rings is 1. The van der Waals surface area contributed by atoms with Gasteiger partial charge in [-0.3, -0.25) is 4.90 Å². The Balaban J connectivity index is 2.06. The number of hydrogen-bond acceptors (Lipinski definition) is 2. The summed E-state index contributed by atoms with van der Waals surface area (Å²) in [6.45, 7) is 9.35. The molecule has 1 N–H and O–H groups in total. The van der Waals surface area contributed by atoms with Crippen molar-refractivity contribution in [1.29, 1.82) is 0 Å². The van der Waals surface area contributed by atoms with E-state index >= 15 is 0 Å². The van der Waals surface area contributed by atoms with Crippen molar-refractivity contribution in [2.75, 3.05) is 26.7 Å². The highest BCUT2D eigenvalue weighted by Gasteiger charge is 2.25. The van der Waals surface area contributed by atoms with Gasteiger partial charge in [-0.1, -0.05) is 38.1 Å². The van der Waals surface area contributed by atoms with Crippen LogP contribution >= 0.6 is 0 Å². The van der Waals surface area contributed by atoms with E-state index in [0.29, 0.717) is 5.41 Å². The third-order valence-corrected chi connectivity index (χ3v) is 4.50. The van der Waals surface area contributed by atoms with Crippen molar-refractivity contribution in [3.05, 3.63) is 35.4 Å². The van der Waals surface area contributed by atoms with Crippen LogP contribution in [0.25, 0.3) is 0 Å². The van der Waals surface area contributed by atoms with Gasteiger partial charge in [0.05, 0.1) is 0 Å². The second kappa shape index (κ2) is 6.53. The number of hydrogen-bond donors (Lipinski definition) is 1. The van der Waals surface area contributed by atoms with Gasteiger partial charge in [0.25, 0.3) is 0 Å². The highest BCUT2D eigenvalue weighted by molar-refractivity contribution is 5.28. The molecule has 0 aliphatic carbocycles. The molecule has 2 nitrogen and oxygen atoms in total. The number of fused-ring (bicyclic) bond motifs is 1. The molecule has 106 valence electrons. The molecule has 0 radical (unpaired) electrons. The molecule has 2 heteroatoms. The summed E-state index contributed by atoms with van der Waals surface area (Å²) in [5, 5.41) is 3.36. The summed E-state index contributed by atoms with van der Waals surface area (Å²) in [7, 11) is 2.06. The van der Waals surface area contributed by atoms with Gasteiger partial charge in [-0.15, -0.1) is 0 Å². The van der Waals surface area contributed by atoms with E-state index in [0.717, 1.165) is 13.1 Å². The van der Waals surface area contributed by atoms with Crippen molar-refractivity contribution >= 4 is 0 Å². The van der Waals surface area contributed by atoms with E-state index in [4.69, 9.17) is 0 Å². The van der Waals surface area contributed by atoms with Crippen molar-refractivity contribution < 1.29 is 0 Å². The number of nitrogens with one attached hydrogen (secondary N) is 1. The first kappa shape index (κ1) is 14.5. The lowest BCUT2D eigenvalue weighted by Crippen LogP contribution is -2.41. The average molecular weight is 260 g/mol. The maximum atomic E-state index is 3.36. The SMILES string of the molecule is CCC(C)(CNC)CN1CCCc2ccccc2C1. The van der Waals surface area contributed by atoms with E-state index in [1.165, 1.54) is 37.9 Å². The van der Waals surface area contributed by atoms with Gasteiger partial charge in [0.2, 0.25) is 0 Å². The predicted molar refractivity (Wildman–Crippen MR) is 82.4 cm³/mol. The molecular weight excluding hydrogens is 232 g/mol. The zero-order valence-corrected chi connectivity index (χ0v) is 12.7. The van der Waals surface area contributed by atoms with Crippen LogP contribution in [0.5, 0.6) is 0 Å². The Kier molecular flexibility index (Phi) is 5.00. The van der Waals surface area contributed by atoms with Crippen molar-refractivity contribution in [1.82, 2.24) is 10.2 Å². The van der Waals surface area contributed by atoms with Gasteiger partial charge in [0, 0.05) is 19.6 Å². The lowest BCUT2D eigenvalue weighted by Gasteiger charge is -2.34. The Labute approximate surface area is 118 Å². The zero-order chi connectivity index (χ0) is 13.7. The fourth-order valence-corrected chi connectivity index (χ4v) is 3.16. The van der Waals surface area contributed by atoms with E-state index in [2.05, 4.69) is 55.4 Å². The van der Waals surface area contributed by atoms with Crippen LogP contribution < -0.4 is 5.32 Å². The van der Waals surface area contributed by atoms with Crippen LogP contribution in [0.3, 0.4) is 0 Å². The Bertz CT molecular complexity index is 402. The van der Waals surface area contributed by atoms with Gasteiger partial charge in [0.15, 0.2) is 0 Å². The number of nitrogens with zero attached hydrogens (tertiary/aromatic N) is 1. The molecule has 0 bridgehead atoms. The van der Waals surface area contributed by atoms with Crippen LogP contribution in [0.4, 0.5) is 0 Å². The first-order valence-corrected chi connectivity index (χ1v) is 7.60. The molecule has 19 heavy (non-hydrogen) atoms. The fourth-order valence-electron chi connectivity index (χ4n) is 3.16. The molecule has 2 rings (SSSR count). The summed E-state index contributed by atoms with van der Waals surface area (Å²) in [6.07, 6.45) is 3.75. The minimum atomic E-state index is 0.383. The molecule has 0 saturated carbocycles. The normalized spacial score (nSPS) is 19.5. The van der Waals surface area contributed by atoms with Crippen LogP contribution in [0.1, 0.15) is 37.8 Å². The Morgan fingerprint density at radius 3 is 2.68 bits per heavy atom. The van der Waals surface area contributed by atoms with Gasteiger partial charge in [0.1, 0.15) is 0 Å². The third-order valence-electron chi connectivity index (χ3n) is 4.50. The maximum Gasteiger partial charge on any atom is 0.0236 e. The third kappa shape index (κ3) is 3.80. The minimum Gasteiger partial charge on any atom is -0.319 e. The Morgan fingerprint density at radius 1 is 1.26 bits per heavy atom. The molecule has 0 spiro atoms. The summed E-state index contributed by atoms with van der Waals surface area (Å²) in [5.74, 6) is 0. The molecule has 0 fully saturated rings. The van der Waals surface area contributed by atoms with Crippen LogP contribution in [0.15, 0.2) is 24.3 Å². The molecule has 0 saturated heterocycles. The topological polar surface area (TPSA) is 15.3 Å². The second-order valence-corrected chi connectivity index (χ2v) is 6.28. The van der Waals surface area contributed by atoms with E-state index in [9.17, 15) is 0 Å². The highest BCUT2D eigenvalue weighted by atomic mass is 15.1. The molecule has 0 aromatic heterocycles. The standard InChI is InChI=1S/C17H28N2/c1-4-17(2,13-18-3)14-19-11-7-10-15-8-5-6-9-16(15)12-19/h5-6,8-9,18H,4,7,10-14H2,1-3H3. The van der Waals surface area contributed by atoms with Gasteiger partial charge in [-0.05, 0) is 49.4 Å². The first-order valence-electron chi connectivity index (χ1n) is 7.60. The van der Waals surface area contributed by atoms with Crippen LogP contribution in [-0.4, -0.2) is 31.6 Å². The van der Waals surface area contributed by atoms with Crippen molar-refractivity contribution in [2.45, 2.75) is 39.7 Å². The molecule has 1 unspecified atom stereocenters. The molecule has 1 aliphatic heterocycles. The van der Waals surface area contributed by atoms with Crippen LogP contribution in [0.2, 0.25) is 0 Å². The number of aryl methyl sites for hydroxylation is 1. The average Bonchev–Trinajstić information content (AvgIpc) is 2.60. The highest BCUT2D eigenvalue weighted by Crippen LogP contribution is 2.25. The Hall–Kier alpha value is -0.860. The maximum absolute atomic E-state index is 3.36. The smallest absolute Gasteiger partial charge is 0.0236 e. The molecule has 1 heterocycles. The summed E-state index contributed by atoms with van der Waals surface area (Å²) in [6, 6.07) is 8.95. The lowest BCUT2D eigenvalue weighted by atomic mass is 9.86. The quantitative estimate of drug-likeness (QED) is 0.875. The predicted octanol–water partition coefficient (Wildman–Crippen LogP) is 3.07. The van der Waals surface area contributed by atoms with Crippen LogP contribution in [-0.2, 0) is 13.0 Å². The minimum absolute atomic E-state index is 0.383. The molecule has 1 atom stereocenters. The van der Waals surface area contributed by atoms with Gasteiger partial charge < -0.3 is 5.32 Å². The van der Waals surface area contributed by atoms with Gasteiger partial charge in [-0.25, -0.2) is 0 Å². The summed E-state index contributed by atoms with van der Waals surface area (Å²) < 4.78 is 0.